The van der Waals surface area contributed by atoms with E-state index in [1.807, 2.05) is 18.2 Å². The fourth-order valence-electron chi connectivity index (χ4n) is 2.98. The van der Waals surface area contributed by atoms with Crippen LogP contribution in [-0.4, -0.2) is 30.2 Å². The van der Waals surface area contributed by atoms with Gasteiger partial charge in [-0.05, 0) is 30.7 Å². The summed E-state index contributed by atoms with van der Waals surface area (Å²) in [7, 11) is 0. The van der Waals surface area contributed by atoms with Crippen LogP contribution in [0.1, 0.15) is 12.6 Å². The summed E-state index contributed by atoms with van der Waals surface area (Å²) in [6.07, 6.45) is 0.901. The Morgan fingerprint density at radius 1 is 1.16 bits per heavy atom. The third-order valence-corrected chi connectivity index (χ3v) is 4.50. The van der Waals surface area contributed by atoms with Gasteiger partial charge in [0.25, 0.3) is 0 Å². The number of nitrogens with one attached hydrogen (secondary N) is 1. The van der Waals surface area contributed by atoms with E-state index in [1.54, 1.807) is 6.07 Å². The molecule has 2 aromatic carbocycles. The molecule has 0 saturated heterocycles. The van der Waals surface area contributed by atoms with E-state index in [-0.39, 0.29) is 11.5 Å². The van der Waals surface area contributed by atoms with Gasteiger partial charge >= 0.3 is 0 Å². The van der Waals surface area contributed by atoms with Gasteiger partial charge in [-0.25, -0.2) is 4.68 Å². The predicted octanol–water partition coefficient (Wildman–Crippen LogP) is 3.68. The van der Waals surface area contributed by atoms with Crippen molar-refractivity contribution >= 4 is 23.5 Å². The van der Waals surface area contributed by atoms with E-state index in [0.717, 1.165) is 28.6 Å². The number of thiol groups is 1. The van der Waals surface area contributed by atoms with Crippen LogP contribution in [0.2, 0.25) is 0 Å². The maximum atomic E-state index is 10.2. The Bertz CT molecular complexity index is 1080. The highest BCUT2D eigenvalue weighted by atomic mass is 32.1. The fraction of sp³-hybridized carbons (Fsp3) is 0.111. The van der Waals surface area contributed by atoms with E-state index in [2.05, 4.69) is 40.9 Å². The van der Waals surface area contributed by atoms with E-state index in [1.165, 1.54) is 16.8 Å². The van der Waals surface area contributed by atoms with Crippen molar-refractivity contribution in [3.8, 4) is 28.4 Å². The van der Waals surface area contributed by atoms with Crippen LogP contribution in [0.25, 0.3) is 27.8 Å². The van der Waals surface area contributed by atoms with Crippen LogP contribution in [0.15, 0.2) is 47.5 Å². The zero-order chi connectivity index (χ0) is 17.6. The summed E-state index contributed by atoms with van der Waals surface area (Å²) in [6.45, 7) is 2.09. The lowest BCUT2D eigenvalue weighted by Crippen LogP contribution is -2.00. The van der Waals surface area contributed by atoms with E-state index >= 15 is 0 Å². The number of aromatic hydroxyl groups is 2. The minimum Gasteiger partial charge on any atom is -0.508 e. The Morgan fingerprint density at radius 3 is 2.76 bits per heavy atom. The average Bonchev–Trinajstić information content (AvgIpc) is 3.18. The molecule has 0 amide bonds. The van der Waals surface area contributed by atoms with Crippen LogP contribution in [-0.2, 0) is 6.42 Å². The van der Waals surface area contributed by atoms with Crippen LogP contribution >= 0.6 is 12.6 Å². The van der Waals surface area contributed by atoms with Crippen LogP contribution in [0.3, 0.4) is 0 Å². The topological polar surface area (TPSA) is 87.0 Å². The number of rotatable bonds is 3. The minimum atomic E-state index is -0.0880. The monoisotopic (exact) mass is 352 g/mol. The zero-order valence-corrected chi connectivity index (χ0v) is 14.3. The molecule has 0 fully saturated rings. The molecule has 0 aliphatic carbocycles. The van der Waals surface area contributed by atoms with E-state index in [0.29, 0.717) is 16.4 Å². The highest BCUT2D eigenvalue weighted by Gasteiger charge is 2.19. The van der Waals surface area contributed by atoms with E-state index in [9.17, 15) is 10.2 Å². The number of nitrogens with zero attached hydrogens (tertiary/aromatic N) is 3. The van der Waals surface area contributed by atoms with Crippen LogP contribution in [0.4, 0.5) is 0 Å². The van der Waals surface area contributed by atoms with Crippen molar-refractivity contribution in [1.29, 1.82) is 0 Å². The second-order valence-electron chi connectivity index (χ2n) is 5.76. The smallest absolute Gasteiger partial charge is 0.145 e. The van der Waals surface area contributed by atoms with Gasteiger partial charge in [-0.3, -0.25) is 0 Å². The zero-order valence-electron chi connectivity index (χ0n) is 13.4. The number of hydrogen-bond donors (Lipinski definition) is 4. The molecule has 25 heavy (non-hydrogen) atoms. The van der Waals surface area contributed by atoms with Gasteiger partial charge in [0.15, 0.2) is 0 Å². The molecule has 126 valence electrons. The number of phenolic OH excluding ortho intramolecular Hbond substituents is 2. The molecule has 4 aromatic rings. The van der Waals surface area contributed by atoms with Crippen molar-refractivity contribution in [1.82, 2.24) is 20.0 Å². The molecule has 6 nitrogen and oxygen atoms in total. The van der Waals surface area contributed by atoms with Gasteiger partial charge in [0.05, 0.1) is 0 Å². The molecule has 0 unspecified atom stereocenters. The maximum Gasteiger partial charge on any atom is 0.145 e. The summed E-state index contributed by atoms with van der Waals surface area (Å²) in [4.78, 5) is 3.39. The Kier molecular flexibility index (Phi) is 3.65. The summed E-state index contributed by atoms with van der Waals surface area (Å²) in [5.41, 5.74) is 4.16. The summed E-state index contributed by atoms with van der Waals surface area (Å²) in [5, 5.41) is 29.4. The molecule has 2 heterocycles. The molecule has 4 rings (SSSR count). The van der Waals surface area contributed by atoms with Crippen molar-refractivity contribution < 1.29 is 10.2 Å². The number of aryl methyl sites for hydroxylation is 1. The van der Waals surface area contributed by atoms with Crippen LogP contribution in [0, 0.1) is 0 Å². The number of phenols is 2. The number of aromatic nitrogens is 4. The number of fused-ring (bicyclic) bond motifs is 1. The predicted molar refractivity (Wildman–Crippen MR) is 98.6 cm³/mol. The molecule has 7 heteroatoms. The number of hydrogen-bond acceptors (Lipinski definition) is 5. The molecular weight excluding hydrogens is 336 g/mol. The summed E-state index contributed by atoms with van der Waals surface area (Å²) in [5.74, 6) is -0.107. The molecule has 0 aliphatic heterocycles. The van der Waals surface area contributed by atoms with Gasteiger partial charge in [-0.2, -0.15) is 0 Å². The molecule has 2 aromatic heterocycles. The lowest BCUT2D eigenvalue weighted by Gasteiger charge is -2.10. The van der Waals surface area contributed by atoms with Crippen molar-refractivity contribution in [2.24, 2.45) is 0 Å². The van der Waals surface area contributed by atoms with Gasteiger partial charge in [-0.15, -0.1) is 17.7 Å². The minimum absolute atomic E-state index is 0.0191. The average molecular weight is 352 g/mol. The summed E-state index contributed by atoms with van der Waals surface area (Å²) in [6, 6.07) is 12.4. The first kappa shape index (κ1) is 15.6. The van der Waals surface area contributed by atoms with Crippen molar-refractivity contribution in [2.45, 2.75) is 18.4 Å². The molecule has 0 atom stereocenters. The van der Waals surface area contributed by atoms with Gasteiger partial charge in [0.1, 0.15) is 27.9 Å². The molecule has 0 spiro atoms. The van der Waals surface area contributed by atoms with Crippen molar-refractivity contribution in [3.63, 3.8) is 0 Å². The summed E-state index contributed by atoms with van der Waals surface area (Å²) >= 11 is 4.45. The Hall–Kier alpha value is -2.93. The standard InChI is InChI=1S/C18H16N4O2S/c1-2-10-8-13-12(4-3-5-14(13)19-10)17-18(25)20-21-22(17)15-7-6-11(23)9-16(15)24/h3-9,19,23-25H,2H2,1H3. The highest BCUT2D eigenvalue weighted by molar-refractivity contribution is 7.80. The Labute approximate surface area is 149 Å². The normalized spacial score (nSPS) is 11.3. The van der Waals surface area contributed by atoms with Gasteiger partial charge in [-0.1, -0.05) is 24.3 Å². The molecule has 3 N–H and O–H groups in total. The Morgan fingerprint density at radius 2 is 2.00 bits per heavy atom. The first-order chi connectivity index (χ1) is 12.1. The molecule has 0 aliphatic rings. The SMILES string of the molecule is CCc1cc2c(-c3c(S)nnn3-c3ccc(O)cc3O)cccc2[nH]1. The number of H-pyrrole nitrogens is 1. The first-order valence-electron chi connectivity index (χ1n) is 7.86. The van der Waals surface area contributed by atoms with Crippen molar-refractivity contribution in [2.75, 3.05) is 0 Å². The third kappa shape index (κ3) is 2.53. The second kappa shape index (κ2) is 5.86. The van der Waals surface area contributed by atoms with E-state index in [4.69, 9.17) is 0 Å². The van der Waals surface area contributed by atoms with E-state index < -0.39 is 0 Å². The summed E-state index contributed by atoms with van der Waals surface area (Å²) < 4.78 is 1.53. The molecule has 0 bridgehead atoms. The third-order valence-electron chi connectivity index (χ3n) is 4.20. The van der Waals surface area contributed by atoms with Crippen molar-refractivity contribution in [3.05, 3.63) is 48.2 Å². The largest absolute Gasteiger partial charge is 0.508 e. The van der Waals surface area contributed by atoms with Gasteiger partial charge < -0.3 is 15.2 Å². The quantitative estimate of drug-likeness (QED) is 0.424. The van der Waals surface area contributed by atoms with Gasteiger partial charge in [0.2, 0.25) is 0 Å². The fourth-order valence-corrected chi connectivity index (χ4v) is 3.23. The molecule has 0 radical (unpaired) electrons. The highest BCUT2D eigenvalue weighted by Crippen LogP contribution is 2.36. The van der Waals surface area contributed by atoms with Crippen LogP contribution in [0.5, 0.6) is 11.5 Å². The molecular formula is C18H16N4O2S. The number of aromatic amines is 1. The van der Waals surface area contributed by atoms with Gasteiger partial charge in [0, 0.05) is 28.2 Å². The molecule has 0 saturated carbocycles. The van der Waals surface area contributed by atoms with Crippen LogP contribution < -0.4 is 0 Å². The lowest BCUT2D eigenvalue weighted by molar-refractivity contribution is 0.447. The Balaban J connectivity index is 1.98. The lowest BCUT2D eigenvalue weighted by atomic mass is 10.1. The number of benzene rings is 2. The first-order valence-corrected chi connectivity index (χ1v) is 8.31. The second-order valence-corrected chi connectivity index (χ2v) is 6.19. The maximum absolute atomic E-state index is 10.2.